The number of para-hydroxylation sites is 2. The van der Waals surface area contributed by atoms with Gasteiger partial charge in [0, 0.05) is 27.6 Å². The summed E-state index contributed by atoms with van der Waals surface area (Å²) in [6.07, 6.45) is 8.67. The monoisotopic (exact) mass is 538 g/mol. The fourth-order valence-electron chi connectivity index (χ4n) is 7.21. The maximum absolute atomic E-state index is 6.64. The minimum absolute atomic E-state index is 0.506. The molecule has 5 aromatic carbocycles. The molecule has 0 saturated heterocycles. The van der Waals surface area contributed by atoms with Gasteiger partial charge in [-0.15, -0.1) is 0 Å². The van der Waals surface area contributed by atoms with Crippen LogP contribution in [0.5, 0.6) is 11.5 Å². The van der Waals surface area contributed by atoms with E-state index in [-0.39, 0.29) is 0 Å². The first-order valence-electron chi connectivity index (χ1n) is 14.6. The van der Waals surface area contributed by atoms with E-state index in [2.05, 4.69) is 127 Å². The number of nitrogens with zero attached hydrogens (tertiary/aromatic N) is 2. The molecule has 6 aromatic rings. The van der Waals surface area contributed by atoms with Gasteiger partial charge in [0.15, 0.2) is 5.82 Å². The molecule has 1 aliphatic heterocycles. The Morgan fingerprint density at radius 3 is 2.07 bits per heavy atom. The fourth-order valence-corrected chi connectivity index (χ4v) is 7.21. The number of benzene rings is 5. The lowest BCUT2D eigenvalue weighted by Crippen LogP contribution is -2.32. The fraction of sp³-hybridized carbons (Fsp3) is 0.0769. The Balaban J connectivity index is 1.36. The largest absolute Gasteiger partial charge is 0.457 e. The van der Waals surface area contributed by atoms with Crippen LogP contribution in [0, 0.1) is 0 Å². The van der Waals surface area contributed by atoms with E-state index in [0.717, 1.165) is 69.0 Å². The predicted molar refractivity (Wildman–Crippen MR) is 169 cm³/mol. The third-order valence-corrected chi connectivity index (χ3v) is 8.98. The van der Waals surface area contributed by atoms with Gasteiger partial charge < -0.3 is 4.74 Å². The van der Waals surface area contributed by atoms with E-state index in [1.54, 1.807) is 0 Å². The van der Waals surface area contributed by atoms with Crippen LogP contribution in [-0.2, 0) is 5.41 Å². The SMILES string of the molecule is C1=CC(c2nc(-c3ccc4c(c3)C3(c5ccccc5O4)c4ccccc4-c4ccccc43)c3ccccc3n2)=CCC1. The van der Waals surface area contributed by atoms with Crippen LogP contribution < -0.4 is 4.74 Å². The molecule has 0 N–H and O–H groups in total. The average molecular weight is 539 g/mol. The molecule has 0 unspecified atom stereocenters. The third-order valence-electron chi connectivity index (χ3n) is 8.98. The van der Waals surface area contributed by atoms with Crippen molar-refractivity contribution < 1.29 is 4.74 Å². The lowest BCUT2D eigenvalue weighted by molar-refractivity contribution is 0.436. The van der Waals surface area contributed by atoms with Gasteiger partial charge >= 0.3 is 0 Å². The van der Waals surface area contributed by atoms with Crippen LogP contribution in [0.1, 0.15) is 40.9 Å². The van der Waals surface area contributed by atoms with Crippen molar-refractivity contribution in [2.24, 2.45) is 0 Å². The highest BCUT2D eigenvalue weighted by atomic mass is 16.5. The van der Waals surface area contributed by atoms with Crippen LogP contribution in [0.2, 0.25) is 0 Å². The summed E-state index contributed by atoms with van der Waals surface area (Å²) >= 11 is 0. The molecule has 0 amide bonds. The first-order valence-corrected chi connectivity index (χ1v) is 14.6. The highest BCUT2D eigenvalue weighted by Gasteiger charge is 2.51. The van der Waals surface area contributed by atoms with Gasteiger partial charge in [-0.25, -0.2) is 9.97 Å². The van der Waals surface area contributed by atoms with Crippen LogP contribution >= 0.6 is 0 Å². The zero-order valence-electron chi connectivity index (χ0n) is 22.9. The molecule has 0 fully saturated rings. The number of fused-ring (bicyclic) bond motifs is 10. The number of hydrogen-bond donors (Lipinski definition) is 0. The summed E-state index contributed by atoms with van der Waals surface area (Å²) in [6, 6.07) is 41.1. The zero-order chi connectivity index (χ0) is 27.7. The third kappa shape index (κ3) is 3.16. The summed E-state index contributed by atoms with van der Waals surface area (Å²) in [5.74, 6) is 2.54. The van der Waals surface area contributed by atoms with Crippen molar-refractivity contribution in [1.82, 2.24) is 9.97 Å². The molecule has 3 heteroatoms. The van der Waals surface area contributed by atoms with Crippen LogP contribution in [0.15, 0.2) is 133 Å². The van der Waals surface area contributed by atoms with Gasteiger partial charge in [0.25, 0.3) is 0 Å². The quantitative estimate of drug-likeness (QED) is 0.220. The molecule has 0 radical (unpaired) electrons. The molecule has 198 valence electrons. The van der Waals surface area contributed by atoms with E-state index in [1.807, 2.05) is 6.07 Å². The van der Waals surface area contributed by atoms with E-state index in [0.29, 0.717) is 0 Å². The molecule has 2 aliphatic carbocycles. The second kappa shape index (κ2) is 8.86. The molecule has 3 aliphatic rings. The molecular weight excluding hydrogens is 512 g/mol. The van der Waals surface area contributed by atoms with E-state index in [4.69, 9.17) is 14.7 Å². The second-order valence-corrected chi connectivity index (χ2v) is 11.2. The maximum atomic E-state index is 6.64. The van der Waals surface area contributed by atoms with Crippen molar-refractivity contribution in [1.29, 1.82) is 0 Å². The minimum atomic E-state index is -0.506. The Labute approximate surface area is 244 Å². The molecule has 1 aromatic heterocycles. The summed E-state index contributed by atoms with van der Waals surface area (Å²) in [5.41, 5.74) is 10.9. The number of ether oxygens (including phenoxy) is 1. The molecule has 42 heavy (non-hydrogen) atoms. The molecule has 0 atom stereocenters. The Morgan fingerprint density at radius 1 is 0.595 bits per heavy atom. The van der Waals surface area contributed by atoms with Crippen molar-refractivity contribution in [3.63, 3.8) is 0 Å². The van der Waals surface area contributed by atoms with E-state index < -0.39 is 5.41 Å². The summed E-state index contributed by atoms with van der Waals surface area (Å²) in [4.78, 5) is 10.2. The summed E-state index contributed by atoms with van der Waals surface area (Å²) in [7, 11) is 0. The smallest absolute Gasteiger partial charge is 0.160 e. The average Bonchev–Trinajstić information content (AvgIpc) is 3.36. The predicted octanol–water partition coefficient (Wildman–Crippen LogP) is 9.50. The lowest BCUT2D eigenvalue weighted by Gasteiger charge is -2.39. The maximum Gasteiger partial charge on any atom is 0.160 e. The standard InChI is InChI=1S/C39H26N2O/c1-2-12-25(13-3-1)38-40-34-20-10-6-16-29(34)37(41-38)26-22-23-36-33(24-26)39(32-19-9-11-21-35(32)42-36)30-17-7-4-14-27(30)28-15-5-8-18-31(28)39/h2,4-24H,1,3H2. The Bertz CT molecular complexity index is 2090. The van der Waals surface area contributed by atoms with Gasteiger partial charge in [0.1, 0.15) is 11.5 Å². The molecule has 1 spiro atoms. The van der Waals surface area contributed by atoms with Crippen molar-refractivity contribution in [2.75, 3.05) is 0 Å². The van der Waals surface area contributed by atoms with Gasteiger partial charge in [-0.05, 0) is 65.4 Å². The molecule has 3 nitrogen and oxygen atoms in total. The number of allylic oxidation sites excluding steroid dienone is 4. The highest BCUT2D eigenvalue weighted by molar-refractivity contribution is 5.95. The first kappa shape index (κ1) is 23.4. The normalized spacial score (nSPS) is 15.4. The van der Waals surface area contributed by atoms with Crippen molar-refractivity contribution >= 4 is 16.5 Å². The molecule has 9 rings (SSSR count). The number of aromatic nitrogens is 2. The van der Waals surface area contributed by atoms with Crippen LogP contribution in [-0.4, -0.2) is 9.97 Å². The van der Waals surface area contributed by atoms with Crippen molar-refractivity contribution in [3.8, 4) is 33.9 Å². The van der Waals surface area contributed by atoms with Gasteiger partial charge in [-0.1, -0.05) is 103 Å². The van der Waals surface area contributed by atoms with Gasteiger partial charge in [-0.3, -0.25) is 0 Å². The molecule has 0 saturated carbocycles. The van der Waals surface area contributed by atoms with Crippen LogP contribution in [0.4, 0.5) is 0 Å². The minimum Gasteiger partial charge on any atom is -0.457 e. The molecular formula is C39H26N2O. The van der Waals surface area contributed by atoms with Crippen molar-refractivity contribution in [3.05, 3.63) is 162 Å². The molecule has 0 bridgehead atoms. The second-order valence-electron chi connectivity index (χ2n) is 11.2. The van der Waals surface area contributed by atoms with E-state index >= 15 is 0 Å². The number of hydrogen-bond acceptors (Lipinski definition) is 3. The Kier molecular flexibility index (Phi) is 4.94. The summed E-state index contributed by atoms with van der Waals surface area (Å²) in [5, 5.41) is 1.04. The summed E-state index contributed by atoms with van der Waals surface area (Å²) < 4.78 is 6.64. The topological polar surface area (TPSA) is 35.0 Å². The van der Waals surface area contributed by atoms with Gasteiger partial charge in [0.05, 0.1) is 16.6 Å². The Morgan fingerprint density at radius 2 is 1.29 bits per heavy atom. The lowest BCUT2D eigenvalue weighted by atomic mass is 9.66. The zero-order valence-corrected chi connectivity index (χ0v) is 22.9. The van der Waals surface area contributed by atoms with E-state index in [9.17, 15) is 0 Å². The van der Waals surface area contributed by atoms with Crippen LogP contribution in [0.3, 0.4) is 0 Å². The van der Waals surface area contributed by atoms with Gasteiger partial charge in [-0.2, -0.15) is 0 Å². The highest BCUT2D eigenvalue weighted by Crippen LogP contribution is 2.62. The number of rotatable bonds is 2. The van der Waals surface area contributed by atoms with Crippen LogP contribution in [0.25, 0.3) is 38.9 Å². The Hall–Kier alpha value is -5.28. The molecule has 2 heterocycles. The van der Waals surface area contributed by atoms with Crippen molar-refractivity contribution in [2.45, 2.75) is 18.3 Å². The van der Waals surface area contributed by atoms with Gasteiger partial charge in [0.2, 0.25) is 0 Å². The summed E-state index contributed by atoms with van der Waals surface area (Å²) in [6.45, 7) is 0. The van der Waals surface area contributed by atoms with E-state index in [1.165, 1.54) is 22.3 Å². The first-order chi connectivity index (χ1) is 20.8.